The third-order valence-electron chi connectivity index (χ3n) is 6.12. The van der Waals surface area contributed by atoms with E-state index in [1.54, 1.807) is 0 Å². The molecule has 3 amide bonds. The molecule has 0 radical (unpaired) electrons. The van der Waals surface area contributed by atoms with E-state index in [1.807, 2.05) is 18.7 Å². The second-order valence-corrected chi connectivity index (χ2v) is 9.57. The molecule has 2 aliphatic rings. The van der Waals surface area contributed by atoms with Crippen molar-refractivity contribution in [1.82, 2.24) is 9.88 Å². The van der Waals surface area contributed by atoms with Crippen molar-refractivity contribution in [3.8, 4) is 0 Å². The number of nitrogens with zero attached hydrogens (tertiary/aromatic N) is 1. The number of hydrogen-bond acceptors (Lipinski definition) is 7. The van der Waals surface area contributed by atoms with Crippen molar-refractivity contribution in [3.63, 3.8) is 0 Å². The minimum atomic E-state index is -3.53. The number of alkyl halides is 2. The van der Waals surface area contributed by atoms with Gasteiger partial charge in [0, 0.05) is 30.9 Å². The first-order chi connectivity index (χ1) is 19.5. The van der Waals surface area contributed by atoms with Crippen LogP contribution < -0.4 is 16.0 Å². The average Bonchev–Trinajstić information content (AvgIpc) is 3.40. The Kier molecular flexibility index (Phi) is 10.9. The third-order valence-corrected chi connectivity index (χ3v) is 6.41. The van der Waals surface area contributed by atoms with E-state index in [-0.39, 0.29) is 46.2 Å². The van der Waals surface area contributed by atoms with Crippen LogP contribution in [0.3, 0.4) is 0 Å². The predicted octanol–water partition coefficient (Wildman–Crippen LogP) is 3.72. The monoisotopic (exact) mass is 599 g/mol. The molecule has 15 heteroatoms. The van der Waals surface area contributed by atoms with Gasteiger partial charge in [-0.3, -0.25) is 19.8 Å². The number of rotatable bonds is 8. The van der Waals surface area contributed by atoms with Gasteiger partial charge in [0.05, 0.1) is 47.1 Å². The molecule has 0 spiro atoms. The summed E-state index contributed by atoms with van der Waals surface area (Å²) in [7, 11) is 1.39. The SMILES string of the molecule is CC.Cc1[nH]c(/C=C2\C(=O)Nc3cc(NC(=O)CO)c(F)cc32)c(C(F)(F)P)c1NC(=O)OCCN1CCOCC1. The number of H-pyrrole nitrogens is 1. The number of fused-ring (bicyclic) bond motifs is 1. The normalized spacial score (nSPS) is 16.0. The Morgan fingerprint density at radius 1 is 1.24 bits per heavy atom. The van der Waals surface area contributed by atoms with Crippen LogP contribution in [0.5, 0.6) is 0 Å². The number of nitrogens with one attached hydrogen (secondary N) is 4. The smallest absolute Gasteiger partial charge is 0.411 e. The van der Waals surface area contributed by atoms with Gasteiger partial charge in [0.1, 0.15) is 19.0 Å². The Balaban J connectivity index is 0.00000226. The number of aryl methyl sites for hydroxylation is 1. The number of carbonyl (C=O) groups excluding carboxylic acids is 3. The number of amides is 3. The largest absolute Gasteiger partial charge is 0.448 e. The number of aromatic nitrogens is 1. The lowest BCUT2D eigenvalue weighted by atomic mass is 10.0. The van der Waals surface area contributed by atoms with Crippen molar-refractivity contribution in [2.45, 2.75) is 26.4 Å². The van der Waals surface area contributed by atoms with Gasteiger partial charge >= 0.3 is 6.09 Å². The summed E-state index contributed by atoms with van der Waals surface area (Å²) >= 11 is 0. The van der Waals surface area contributed by atoms with Crippen LogP contribution in [0.25, 0.3) is 11.6 Å². The Morgan fingerprint density at radius 3 is 2.56 bits per heavy atom. The van der Waals surface area contributed by atoms with Crippen LogP contribution in [-0.4, -0.2) is 79.0 Å². The van der Waals surface area contributed by atoms with Crippen LogP contribution in [0.15, 0.2) is 12.1 Å². The van der Waals surface area contributed by atoms with Gasteiger partial charge in [-0.2, -0.15) is 8.78 Å². The highest BCUT2D eigenvalue weighted by Crippen LogP contribution is 2.45. The molecule has 1 fully saturated rings. The summed E-state index contributed by atoms with van der Waals surface area (Å²) < 4.78 is 54.6. The zero-order valence-corrected chi connectivity index (χ0v) is 24.0. The number of halogens is 3. The molecule has 0 saturated carbocycles. The first kappa shape index (κ1) is 32.1. The zero-order chi connectivity index (χ0) is 30.3. The fourth-order valence-electron chi connectivity index (χ4n) is 4.27. The number of benzene rings is 1. The highest BCUT2D eigenvalue weighted by atomic mass is 31.0. The molecule has 2 aliphatic heterocycles. The summed E-state index contributed by atoms with van der Waals surface area (Å²) in [6.45, 7) is 7.65. The molecule has 2 aromatic rings. The molecule has 0 bridgehead atoms. The van der Waals surface area contributed by atoms with E-state index in [9.17, 15) is 27.6 Å². The zero-order valence-electron chi connectivity index (χ0n) is 22.8. The third kappa shape index (κ3) is 7.85. The molecule has 11 nitrogen and oxygen atoms in total. The highest BCUT2D eigenvalue weighted by Gasteiger charge is 2.36. The van der Waals surface area contributed by atoms with Crippen molar-refractivity contribution in [1.29, 1.82) is 0 Å². The van der Waals surface area contributed by atoms with Crippen LogP contribution in [0.1, 0.15) is 36.4 Å². The number of aliphatic hydroxyl groups is 1. The molecule has 1 aromatic heterocycles. The van der Waals surface area contributed by atoms with E-state index in [2.05, 4.69) is 20.9 Å². The van der Waals surface area contributed by atoms with Crippen LogP contribution >= 0.6 is 9.24 Å². The summed E-state index contributed by atoms with van der Waals surface area (Å²) in [6, 6.07) is 2.12. The molecule has 0 aliphatic carbocycles. The quantitative estimate of drug-likeness (QED) is 0.230. The van der Waals surface area contributed by atoms with Crippen molar-refractivity contribution in [3.05, 3.63) is 40.5 Å². The van der Waals surface area contributed by atoms with E-state index < -0.39 is 41.6 Å². The first-order valence-electron chi connectivity index (χ1n) is 12.9. The highest BCUT2D eigenvalue weighted by molar-refractivity contribution is 7.17. The summed E-state index contributed by atoms with van der Waals surface area (Å²) in [5.74, 6) is -2.46. The van der Waals surface area contributed by atoms with Crippen LogP contribution in [-0.2, 0) is 24.7 Å². The summed E-state index contributed by atoms with van der Waals surface area (Å²) in [5, 5.41) is 15.9. The van der Waals surface area contributed by atoms with E-state index in [1.165, 1.54) is 16.2 Å². The second kappa shape index (κ2) is 13.9. The molecule has 1 aromatic carbocycles. The van der Waals surface area contributed by atoms with Crippen LogP contribution in [0, 0.1) is 12.7 Å². The molecular formula is C26H33F3N5O6P. The number of aliphatic hydroxyl groups excluding tert-OH is 1. The van der Waals surface area contributed by atoms with Crippen molar-refractivity contribution >= 4 is 55.9 Å². The number of anilines is 3. The molecule has 1 unspecified atom stereocenters. The van der Waals surface area contributed by atoms with E-state index >= 15 is 0 Å². The molecule has 41 heavy (non-hydrogen) atoms. The van der Waals surface area contributed by atoms with E-state index in [0.717, 1.165) is 18.2 Å². The van der Waals surface area contributed by atoms with E-state index in [4.69, 9.17) is 14.6 Å². The number of carbonyl (C=O) groups is 3. The Bertz CT molecular complexity index is 1320. The summed E-state index contributed by atoms with van der Waals surface area (Å²) in [5.41, 5.74) is -4.58. The number of morpholine rings is 1. The molecule has 3 heterocycles. The summed E-state index contributed by atoms with van der Waals surface area (Å²) in [4.78, 5) is 41.3. The first-order valence-corrected chi connectivity index (χ1v) is 13.5. The maximum Gasteiger partial charge on any atom is 0.411 e. The molecule has 224 valence electrons. The second-order valence-electron chi connectivity index (χ2n) is 8.85. The Labute approximate surface area is 237 Å². The van der Waals surface area contributed by atoms with Crippen LogP contribution in [0.2, 0.25) is 0 Å². The minimum absolute atomic E-state index is 0.0437. The lowest BCUT2D eigenvalue weighted by Gasteiger charge is -2.26. The standard InChI is InChI=1S/C24H27F3N5O6P.C2H6/c1-12-21(31-23(36)38-7-4-32-2-5-37-6-3-32)20(24(26,27)39)18(28-12)9-14-13-8-15(25)17(29-19(34)11-33)10-16(13)30-22(14)35;1-2/h8-10,28,33H,2-7,11,39H2,1H3,(H,29,34)(H,30,35)(H,31,36);1-2H3/b14-9-;. The fourth-order valence-corrected chi connectivity index (χ4v) is 4.57. The maximum absolute atomic E-state index is 14.8. The molecular weight excluding hydrogens is 566 g/mol. The number of aromatic amines is 1. The maximum atomic E-state index is 14.8. The molecule has 1 atom stereocenters. The molecule has 4 rings (SSSR count). The van der Waals surface area contributed by atoms with Crippen molar-refractivity contribution in [2.75, 3.05) is 62.0 Å². The Hall–Kier alpha value is -3.45. The lowest BCUT2D eigenvalue weighted by Crippen LogP contribution is -2.38. The van der Waals surface area contributed by atoms with Gasteiger partial charge < -0.3 is 30.2 Å². The van der Waals surface area contributed by atoms with Gasteiger partial charge in [-0.1, -0.05) is 23.1 Å². The van der Waals surface area contributed by atoms with Gasteiger partial charge in [-0.05, 0) is 25.1 Å². The minimum Gasteiger partial charge on any atom is -0.448 e. The van der Waals surface area contributed by atoms with Crippen molar-refractivity contribution in [2.24, 2.45) is 0 Å². The topological polar surface area (TPSA) is 145 Å². The predicted molar refractivity (Wildman–Crippen MR) is 151 cm³/mol. The summed E-state index contributed by atoms with van der Waals surface area (Å²) in [6.07, 6.45) is 0.200. The van der Waals surface area contributed by atoms with Gasteiger partial charge in [-0.25, -0.2) is 9.18 Å². The Morgan fingerprint density at radius 2 is 1.93 bits per heavy atom. The van der Waals surface area contributed by atoms with E-state index in [0.29, 0.717) is 32.8 Å². The fraction of sp³-hybridized carbons (Fsp3) is 0.423. The number of hydrogen-bond donors (Lipinski definition) is 5. The van der Waals surface area contributed by atoms with Gasteiger partial charge in [0.15, 0.2) is 0 Å². The average molecular weight is 600 g/mol. The van der Waals surface area contributed by atoms with Gasteiger partial charge in [0.25, 0.3) is 11.6 Å². The van der Waals surface area contributed by atoms with Gasteiger partial charge in [-0.15, -0.1) is 0 Å². The van der Waals surface area contributed by atoms with Gasteiger partial charge in [0.2, 0.25) is 5.91 Å². The molecule has 5 N–H and O–H groups in total. The number of ether oxygens (including phenoxy) is 2. The van der Waals surface area contributed by atoms with Crippen LogP contribution in [0.4, 0.5) is 35.0 Å². The van der Waals surface area contributed by atoms with Crippen molar-refractivity contribution < 1.29 is 42.1 Å². The molecule has 1 saturated heterocycles. The lowest BCUT2D eigenvalue weighted by molar-refractivity contribution is -0.118.